The molecule has 1 spiro atoms. The van der Waals surface area contributed by atoms with Crippen LogP contribution in [0.2, 0.25) is 0 Å². The zero-order valence-corrected chi connectivity index (χ0v) is 21.6. The van der Waals surface area contributed by atoms with Gasteiger partial charge in [0.05, 0.1) is 37.2 Å². The number of carbonyl (C=O) groups is 3. The summed E-state index contributed by atoms with van der Waals surface area (Å²) in [6.07, 6.45) is 1.41. The standard InChI is InChI=1S/C27H31N3O5S/c1-4-35-25(32)19-13-15-28(16-14-19)17-29-23-8-6-5-7-22(23)27(26(29)33)30(24(31)18(2)36-27)20-9-11-21(34-3)12-10-20/h5-12,18-19H,4,13-17H2,1-3H3/t18-,27+/m1/s1. The maximum atomic E-state index is 14.3. The van der Waals surface area contributed by atoms with Gasteiger partial charge in [-0.25, -0.2) is 0 Å². The Morgan fingerprint density at radius 2 is 1.78 bits per heavy atom. The molecule has 2 aromatic carbocycles. The monoisotopic (exact) mass is 509 g/mol. The van der Waals surface area contributed by atoms with E-state index in [2.05, 4.69) is 4.90 Å². The lowest BCUT2D eigenvalue weighted by Crippen LogP contribution is -2.52. The average molecular weight is 510 g/mol. The Bertz CT molecular complexity index is 1160. The molecule has 36 heavy (non-hydrogen) atoms. The van der Waals surface area contributed by atoms with Crippen molar-refractivity contribution in [3.05, 3.63) is 54.1 Å². The van der Waals surface area contributed by atoms with Crippen LogP contribution in [0, 0.1) is 5.92 Å². The molecule has 190 valence electrons. The number of rotatable bonds is 6. The lowest BCUT2D eigenvalue weighted by molar-refractivity contribution is -0.149. The first-order chi connectivity index (χ1) is 17.4. The number of nitrogens with zero attached hydrogens (tertiary/aromatic N) is 3. The van der Waals surface area contributed by atoms with Crippen molar-refractivity contribution in [2.75, 3.05) is 43.3 Å². The van der Waals surface area contributed by atoms with E-state index >= 15 is 0 Å². The van der Waals surface area contributed by atoms with Gasteiger partial charge in [0.2, 0.25) is 10.8 Å². The number of hydrogen-bond acceptors (Lipinski definition) is 7. The molecule has 0 aromatic heterocycles. The van der Waals surface area contributed by atoms with Crippen molar-refractivity contribution in [3.8, 4) is 5.75 Å². The highest BCUT2D eigenvalue weighted by Crippen LogP contribution is 2.57. The van der Waals surface area contributed by atoms with Gasteiger partial charge in [-0.1, -0.05) is 18.2 Å². The first-order valence-electron chi connectivity index (χ1n) is 12.4. The molecule has 9 heteroatoms. The van der Waals surface area contributed by atoms with Crippen LogP contribution in [0.25, 0.3) is 0 Å². The van der Waals surface area contributed by atoms with Crippen LogP contribution >= 0.6 is 11.8 Å². The molecule has 0 aliphatic carbocycles. The fourth-order valence-corrected chi connectivity index (χ4v) is 6.91. The van der Waals surface area contributed by atoms with Crippen LogP contribution in [-0.4, -0.2) is 61.4 Å². The third-order valence-corrected chi connectivity index (χ3v) is 8.68. The van der Waals surface area contributed by atoms with E-state index in [1.807, 2.05) is 50.2 Å². The van der Waals surface area contributed by atoms with Crippen LogP contribution in [0.4, 0.5) is 11.4 Å². The third-order valence-electron chi connectivity index (χ3n) is 7.20. The summed E-state index contributed by atoms with van der Waals surface area (Å²) in [6.45, 7) is 5.88. The molecule has 8 nitrogen and oxygen atoms in total. The van der Waals surface area contributed by atoms with Crippen molar-refractivity contribution in [1.29, 1.82) is 0 Å². The number of hydrogen-bond donors (Lipinski definition) is 0. The van der Waals surface area contributed by atoms with Crippen molar-refractivity contribution in [1.82, 2.24) is 4.90 Å². The summed E-state index contributed by atoms with van der Waals surface area (Å²) in [4.78, 5) is 44.4. The first-order valence-corrected chi connectivity index (χ1v) is 13.2. The summed E-state index contributed by atoms with van der Waals surface area (Å²) in [5.41, 5.74) is 2.32. The predicted octanol–water partition coefficient (Wildman–Crippen LogP) is 3.60. The van der Waals surface area contributed by atoms with Gasteiger partial charge in [0.25, 0.3) is 5.91 Å². The summed E-state index contributed by atoms with van der Waals surface area (Å²) in [7, 11) is 1.60. The Balaban J connectivity index is 1.45. The lowest BCUT2D eigenvalue weighted by atomic mass is 9.97. The molecule has 0 unspecified atom stereocenters. The lowest BCUT2D eigenvalue weighted by Gasteiger charge is -2.36. The third kappa shape index (κ3) is 3.94. The number of ether oxygens (including phenoxy) is 2. The molecule has 0 bridgehead atoms. The highest BCUT2D eigenvalue weighted by Gasteiger charge is 2.63. The minimum atomic E-state index is -1.16. The zero-order chi connectivity index (χ0) is 25.4. The van der Waals surface area contributed by atoms with Gasteiger partial charge < -0.3 is 9.47 Å². The fraction of sp³-hybridized carbons (Fsp3) is 0.444. The summed E-state index contributed by atoms with van der Waals surface area (Å²) in [5.74, 6) is 0.249. The van der Waals surface area contributed by atoms with Gasteiger partial charge in [-0.2, -0.15) is 0 Å². The van der Waals surface area contributed by atoms with E-state index in [1.54, 1.807) is 29.0 Å². The van der Waals surface area contributed by atoms with Crippen LogP contribution in [0.15, 0.2) is 48.5 Å². The molecule has 0 radical (unpaired) electrons. The molecular weight excluding hydrogens is 478 g/mol. The van der Waals surface area contributed by atoms with Crippen molar-refractivity contribution in [2.24, 2.45) is 5.92 Å². The van der Waals surface area contributed by atoms with Crippen LogP contribution in [0.3, 0.4) is 0 Å². The van der Waals surface area contributed by atoms with Gasteiger partial charge in [0, 0.05) is 24.3 Å². The number of amides is 2. The largest absolute Gasteiger partial charge is 0.497 e. The summed E-state index contributed by atoms with van der Waals surface area (Å²) in [5, 5.41) is -0.371. The van der Waals surface area contributed by atoms with E-state index < -0.39 is 4.87 Å². The Hall–Kier alpha value is -3.04. The van der Waals surface area contributed by atoms with Crippen molar-refractivity contribution >= 4 is 40.9 Å². The number of piperidine rings is 1. The molecule has 0 saturated carbocycles. The van der Waals surface area contributed by atoms with E-state index in [1.165, 1.54) is 11.8 Å². The van der Waals surface area contributed by atoms with Gasteiger partial charge in [-0.3, -0.25) is 29.1 Å². The Labute approximate surface area is 215 Å². The Morgan fingerprint density at radius 1 is 1.08 bits per heavy atom. The highest BCUT2D eigenvalue weighted by molar-refractivity contribution is 8.03. The van der Waals surface area contributed by atoms with Gasteiger partial charge in [-0.15, -0.1) is 11.8 Å². The van der Waals surface area contributed by atoms with Crippen molar-refractivity contribution < 1.29 is 23.9 Å². The predicted molar refractivity (Wildman–Crippen MR) is 139 cm³/mol. The number of carbonyl (C=O) groups excluding carboxylic acids is 3. The van der Waals surface area contributed by atoms with Crippen LogP contribution in [0.5, 0.6) is 5.75 Å². The van der Waals surface area contributed by atoms with Crippen LogP contribution in [0.1, 0.15) is 32.3 Å². The van der Waals surface area contributed by atoms with E-state index in [0.717, 1.165) is 11.3 Å². The normalized spacial score (nSPS) is 24.5. The molecule has 3 aliphatic heterocycles. The molecular formula is C27H31N3O5S. The molecule has 0 N–H and O–H groups in total. The molecule has 2 saturated heterocycles. The molecule has 3 heterocycles. The van der Waals surface area contributed by atoms with E-state index in [0.29, 0.717) is 50.6 Å². The Morgan fingerprint density at radius 3 is 2.44 bits per heavy atom. The minimum Gasteiger partial charge on any atom is -0.497 e. The number of para-hydroxylation sites is 1. The smallest absolute Gasteiger partial charge is 0.309 e. The number of likely N-dealkylation sites (tertiary alicyclic amines) is 1. The zero-order valence-electron chi connectivity index (χ0n) is 20.8. The number of benzene rings is 2. The summed E-state index contributed by atoms with van der Waals surface area (Å²) in [6, 6.07) is 15.0. The molecule has 2 aromatic rings. The molecule has 2 fully saturated rings. The minimum absolute atomic E-state index is 0.0922. The number of anilines is 2. The molecule has 3 aliphatic rings. The van der Waals surface area contributed by atoms with Gasteiger partial charge in [0.1, 0.15) is 5.75 Å². The van der Waals surface area contributed by atoms with E-state index in [4.69, 9.17) is 9.47 Å². The van der Waals surface area contributed by atoms with Gasteiger partial charge >= 0.3 is 5.97 Å². The van der Waals surface area contributed by atoms with Gasteiger partial charge in [0.15, 0.2) is 0 Å². The van der Waals surface area contributed by atoms with Crippen LogP contribution < -0.4 is 14.5 Å². The second kappa shape index (κ2) is 9.78. The summed E-state index contributed by atoms with van der Waals surface area (Å²) < 4.78 is 10.5. The maximum Gasteiger partial charge on any atom is 0.309 e. The van der Waals surface area contributed by atoms with E-state index in [-0.39, 0.29) is 29.0 Å². The molecule has 5 rings (SSSR count). The maximum absolute atomic E-state index is 14.3. The highest BCUT2D eigenvalue weighted by atomic mass is 32.2. The quantitative estimate of drug-likeness (QED) is 0.551. The number of thioether (sulfide) groups is 1. The van der Waals surface area contributed by atoms with Crippen molar-refractivity contribution in [2.45, 2.75) is 36.8 Å². The topological polar surface area (TPSA) is 79.4 Å². The van der Waals surface area contributed by atoms with Gasteiger partial charge in [-0.05, 0) is 57.0 Å². The summed E-state index contributed by atoms with van der Waals surface area (Å²) >= 11 is 1.40. The molecule has 2 atom stereocenters. The SMILES string of the molecule is CCOC(=O)C1CCN(CN2C(=O)[C@@]3(S[C@H](C)C(=O)N3c3ccc(OC)cc3)c3ccccc32)CC1. The second-order valence-electron chi connectivity index (χ2n) is 9.31. The number of methoxy groups -OCH3 is 1. The van der Waals surface area contributed by atoms with Crippen LogP contribution in [-0.2, 0) is 24.0 Å². The Kier molecular flexibility index (Phi) is 6.70. The van der Waals surface area contributed by atoms with E-state index in [9.17, 15) is 14.4 Å². The fourth-order valence-electron chi connectivity index (χ4n) is 5.38. The number of fused-ring (bicyclic) bond motifs is 2. The average Bonchev–Trinajstić information content (AvgIpc) is 3.30. The second-order valence-corrected chi connectivity index (χ2v) is 10.8. The first kappa shape index (κ1) is 24.6. The number of esters is 1. The molecule has 2 amide bonds. The van der Waals surface area contributed by atoms with Crippen molar-refractivity contribution in [3.63, 3.8) is 0 Å².